The summed E-state index contributed by atoms with van der Waals surface area (Å²) in [7, 11) is 0. The van der Waals surface area contributed by atoms with E-state index in [0.29, 0.717) is 0 Å². The van der Waals surface area contributed by atoms with Crippen molar-refractivity contribution in [1.82, 2.24) is 9.80 Å². The van der Waals surface area contributed by atoms with Gasteiger partial charge >= 0.3 is 0 Å². The van der Waals surface area contributed by atoms with E-state index in [4.69, 9.17) is 9.47 Å². The van der Waals surface area contributed by atoms with Gasteiger partial charge in [0.15, 0.2) is 0 Å². The highest BCUT2D eigenvalue weighted by molar-refractivity contribution is 5.84. The summed E-state index contributed by atoms with van der Waals surface area (Å²) in [4.78, 5) is 4.86. The van der Waals surface area contributed by atoms with Gasteiger partial charge < -0.3 is 9.47 Å². The first-order chi connectivity index (χ1) is 12.3. The summed E-state index contributed by atoms with van der Waals surface area (Å²) in [5, 5.41) is 2.09. The molecule has 0 saturated carbocycles. The molecule has 0 atom stereocenters. The average molecular weight is 344 g/mol. The second-order valence-corrected chi connectivity index (χ2v) is 6.89. The topological polar surface area (TPSA) is 24.9 Å². The van der Waals surface area contributed by atoms with E-state index in [1.54, 1.807) is 12.1 Å². The second kappa shape index (κ2) is 7.79. The van der Waals surface area contributed by atoms with E-state index < -0.39 is 0 Å². The number of ether oxygens (including phenoxy) is 2. The van der Waals surface area contributed by atoms with Crippen molar-refractivity contribution in [3.05, 3.63) is 47.3 Å². The fourth-order valence-corrected chi connectivity index (χ4v) is 3.66. The lowest BCUT2D eigenvalue weighted by Crippen LogP contribution is -2.37. The average Bonchev–Trinajstić information content (AvgIpc) is 2.64. The van der Waals surface area contributed by atoms with E-state index >= 15 is 0 Å². The maximum absolute atomic E-state index is 13.7. The van der Waals surface area contributed by atoms with Gasteiger partial charge in [-0.15, -0.1) is 0 Å². The Morgan fingerprint density at radius 1 is 0.720 bits per heavy atom. The number of fused-ring (bicyclic) bond motifs is 1. The van der Waals surface area contributed by atoms with Gasteiger partial charge in [-0.1, -0.05) is 6.07 Å². The van der Waals surface area contributed by atoms with Gasteiger partial charge in [0.05, 0.1) is 26.4 Å². The summed E-state index contributed by atoms with van der Waals surface area (Å²) in [6.07, 6.45) is 0. The molecular weight excluding hydrogens is 319 g/mol. The molecule has 0 N–H and O–H groups in total. The molecule has 2 heterocycles. The van der Waals surface area contributed by atoms with Crippen LogP contribution in [0.1, 0.15) is 11.1 Å². The number of nitrogens with zero attached hydrogens (tertiary/aromatic N) is 2. The van der Waals surface area contributed by atoms with E-state index in [1.807, 2.05) is 6.07 Å². The molecule has 0 unspecified atom stereocenters. The number of hydrogen-bond acceptors (Lipinski definition) is 4. The highest BCUT2D eigenvalue weighted by Gasteiger charge is 2.17. The summed E-state index contributed by atoms with van der Waals surface area (Å²) in [5.41, 5.74) is 2.64. The fourth-order valence-electron chi connectivity index (χ4n) is 3.66. The predicted molar refractivity (Wildman–Crippen MR) is 96.1 cm³/mol. The van der Waals surface area contributed by atoms with Crippen LogP contribution in [0.3, 0.4) is 0 Å². The highest BCUT2D eigenvalue weighted by Crippen LogP contribution is 2.24. The normalized spacial score (nSPS) is 20.2. The van der Waals surface area contributed by atoms with Crippen molar-refractivity contribution in [2.24, 2.45) is 0 Å². The summed E-state index contributed by atoms with van der Waals surface area (Å²) in [5.74, 6) is -0.175. The molecule has 2 aliphatic rings. The third-order valence-corrected chi connectivity index (χ3v) is 5.12. The lowest BCUT2D eigenvalue weighted by atomic mass is 9.99. The molecule has 2 aromatic rings. The first-order valence-corrected chi connectivity index (χ1v) is 9.09. The minimum absolute atomic E-state index is 0.175. The van der Waals surface area contributed by atoms with Crippen molar-refractivity contribution in [2.45, 2.75) is 13.1 Å². The summed E-state index contributed by atoms with van der Waals surface area (Å²) in [6, 6.07) is 9.47. The zero-order valence-electron chi connectivity index (χ0n) is 14.5. The van der Waals surface area contributed by atoms with Crippen LogP contribution in [0.2, 0.25) is 0 Å². The Hall–Kier alpha value is -1.53. The Bertz CT molecular complexity index is 725. The Kier molecular flexibility index (Phi) is 5.27. The molecule has 2 aromatic carbocycles. The van der Waals surface area contributed by atoms with Crippen LogP contribution in [0.25, 0.3) is 10.8 Å². The highest BCUT2D eigenvalue weighted by atomic mass is 19.1. The molecule has 5 heteroatoms. The molecule has 2 aliphatic heterocycles. The van der Waals surface area contributed by atoms with Crippen LogP contribution in [0.4, 0.5) is 4.39 Å². The van der Waals surface area contributed by atoms with Crippen LogP contribution in [-0.2, 0) is 22.6 Å². The van der Waals surface area contributed by atoms with Crippen LogP contribution >= 0.6 is 0 Å². The minimum Gasteiger partial charge on any atom is -0.379 e. The Morgan fingerprint density at radius 2 is 1.24 bits per heavy atom. The second-order valence-electron chi connectivity index (χ2n) is 6.89. The van der Waals surface area contributed by atoms with Gasteiger partial charge in [0.1, 0.15) is 5.82 Å². The molecule has 0 spiro atoms. The number of rotatable bonds is 4. The number of hydrogen-bond donors (Lipinski definition) is 0. The number of halogens is 1. The van der Waals surface area contributed by atoms with Crippen LogP contribution in [0.15, 0.2) is 30.3 Å². The van der Waals surface area contributed by atoms with Gasteiger partial charge in [-0.2, -0.15) is 0 Å². The molecule has 0 bridgehead atoms. The predicted octanol–water partition coefficient (Wildman–Crippen LogP) is 2.64. The standard InChI is InChI=1S/C20H25FN2O2/c21-20-2-1-16-11-18(14-22-3-7-24-8-4-22)19(12-17(16)13-20)15-23-5-9-25-10-6-23/h1-2,11-13H,3-10,14-15H2. The quantitative estimate of drug-likeness (QED) is 0.851. The molecule has 0 amide bonds. The van der Waals surface area contributed by atoms with Crippen LogP contribution in [0, 0.1) is 5.82 Å². The maximum atomic E-state index is 13.7. The van der Waals surface area contributed by atoms with Crippen molar-refractivity contribution in [2.75, 3.05) is 52.6 Å². The van der Waals surface area contributed by atoms with E-state index in [0.717, 1.165) is 76.5 Å². The van der Waals surface area contributed by atoms with E-state index in [1.165, 1.54) is 11.1 Å². The van der Waals surface area contributed by atoms with Gasteiger partial charge in [-0.3, -0.25) is 9.80 Å². The molecule has 2 saturated heterocycles. The molecule has 0 aromatic heterocycles. The Labute approximate surface area is 148 Å². The van der Waals surface area contributed by atoms with Gasteiger partial charge in [-0.05, 0) is 46.2 Å². The molecule has 4 rings (SSSR count). The van der Waals surface area contributed by atoms with Crippen LogP contribution in [0.5, 0.6) is 0 Å². The van der Waals surface area contributed by atoms with Crippen molar-refractivity contribution in [3.8, 4) is 0 Å². The Balaban J connectivity index is 1.64. The molecule has 2 fully saturated rings. The molecule has 0 radical (unpaired) electrons. The van der Waals surface area contributed by atoms with Crippen molar-refractivity contribution in [3.63, 3.8) is 0 Å². The van der Waals surface area contributed by atoms with Gasteiger partial charge in [0, 0.05) is 39.3 Å². The van der Waals surface area contributed by atoms with Crippen molar-refractivity contribution >= 4 is 10.8 Å². The van der Waals surface area contributed by atoms with E-state index in [-0.39, 0.29) is 5.82 Å². The van der Waals surface area contributed by atoms with Gasteiger partial charge in [0.25, 0.3) is 0 Å². The number of morpholine rings is 2. The first-order valence-electron chi connectivity index (χ1n) is 9.09. The third kappa shape index (κ3) is 4.18. The van der Waals surface area contributed by atoms with Gasteiger partial charge in [-0.25, -0.2) is 4.39 Å². The van der Waals surface area contributed by atoms with Crippen molar-refractivity contribution in [1.29, 1.82) is 0 Å². The smallest absolute Gasteiger partial charge is 0.123 e. The minimum atomic E-state index is -0.175. The van der Waals surface area contributed by atoms with E-state index in [2.05, 4.69) is 21.9 Å². The zero-order chi connectivity index (χ0) is 17.1. The van der Waals surface area contributed by atoms with E-state index in [9.17, 15) is 4.39 Å². The molecule has 134 valence electrons. The Morgan fingerprint density at radius 3 is 1.80 bits per heavy atom. The zero-order valence-corrected chi connectivity index (χ0v) is 14.5. The monoisotopic (exact) mass is 344 g/mol. The maximum Gasteiger partial charge on any atom is 0.123 e. The third-order valence-electron chi connectivity index (χ3n) is 5.12. The lowest BCUT2D eigenvalue weighted by molar-refractivity contribution is 0.0309. The molecule has 0 aliphatic carbocycles. The molecule has 25 heavy (non-hydrogen) atoms. The van der Waals surface area contributed by atoms with Crippen molar-refractivity contribution < 1.29 is 13.9 Å². The first kappa shape index (κ1) is 16.9. The molecule has 4 nitrogen and oxygen atoms in total. The fraction of sp³-hybridized carbons (Fsp3) is 0.500. The largest absolute Gasteiger partial charge is 0.379 e. The van der Waals surface area contributed by atoms with Gasteiger partial charge in [0.2, 0.25) is 0 Å². The summed E-state index contributed by atoms with van der Waals surface area (Å²) < 4.78 is 24.6. The molecular formula is C20H25FN2O2. The SMILES string of the molecule is Fc1ccc2cc(CN3CCOCC3)c(CN3CCOCC3)cc2c1. The van der Waals surface area contributed by atoms with Crippen LogP contribution < -0.4 is 0 Å². The van der Waals surface area contributed by atoms with Crippen LogP contribution in [-0.4, -0.2) is 62.4 Å². The lowest BCUT2D eigenvalue weighted by Gasteiger charge is -2.30. The number of benzene rings is 2. The summed E-state index contributed by atoms with van der Waals surface area (Å²) >= 11 is 0. The summed E-state index contributed by atoms with van der Waals surface area (Å²) in [6.45, 7) is 8.87.